The number of hydrogen-bond donors (Lipinski definition) is 2. The van der Waals surface area contributed by atoms with Gasteiger partial charge in [0, 0.05) is 35.9 Å². The summed E-state index contributed by atoms with van der Waals surface area (Å²) in [5.41, 5.74) is 4.96. The number of rotatable bonds is 11. The molecule has 2 N–H and O–H groups in total. The Balaban J connectivity index is 0.000000391. The molecule has 0 amide bonds. The van der Waals surface area contributed by atoms with Gasteiger partial charge < -0.3 is 44.9 Å². The number of nitriles is 2. The van der Waals surface area contributed by atoms with Crippen molar-refractivity contribution in [1.29, 1.82) is 10.5 Å². The molecule has 0 saturated carbocycles. The minimum absolute atomic E-state index is 0. The summed E-state index contributed by atoms with van der Waals surface area (Å²) < 4.78 is 10.8. The average molecular weight is 914 g/mol. The molecule has 0 saturated heterocycles. The van der Waals surface area contributed by atoms with Crippen molar-refractivity contribution in [3.05, 3.63) is 155 Å². The average Bonchev–Trinajstić information content (AvgIpc) is 3.23. The summed E-state index contributed by atoms with van der Waals surface area (Å²) in [4.78, 5) is 38.6. The third-order valence-corrected chi connectivity index (χ3v) is 8.06. The van der Waals surface area contributed by atoms with Crippen LogP contribution in [0.4, 0.5) is 0 Å². The van der Waals surface area contributed by atoms with Crippen LogP contribution in [-0.4, -0.2) is 56.3 Å². The molecule has 12 nitrogen and oxygen atoms in total. The molecule has 0 aliphatic rings. The summed E-state index contributed by atoms with van der Waals surface area (Å²) in [5, 5.41) is 36.4. The summed E-state index contributed by atoms with van der Waals surface area (Å²) in [6, 6.07) is 29.3. The minimum atomic E-state index is -1.08. The number of ether oxygens (including phenoxy) is 2. The van der Waals surface area contributed by atoms with Crippen LogP contribution >= 0.6 is 11.8 Å². The molecule has 0 aliphatic carbocycles. The molecule has 0 fully saturated rings. The fourth-order valence-corrected chi connectivity index (χ4v) is 5.49. The van der Waals surface area contributed by atoms with Crippen LogP contribution in [0.15, 0.2) is 132 Å². The molecule has 0 radical (unpaired) electrons. The van der Waals surface area contributed by atoms with Gasteiger partial charge in [0.25, 0.3) is 0 Å². The summed E-state index contributed by atoms with van der Waals surface area (Å²) in [7, 11) is 3.36. The third kappa shape index (κ3) is 15.9. The Hall–Kier alpha value is -6.55. The van der Waals surface area contributed by atoms with E-state index in [-0.39, 0.29) is 30.6 Å². The van der Waals surface area contributed by atoms with E-state index in [4.69, 9.17) is 30.2 Å². The normalized spacial score (nSPS) is 9.72. The largest absolute Gasteiger partial charge is 2.00 e. The molecule has 292 valence electrons. The zero-order chi connectivity index (χ0) is 41.4. The number of hydrogen-bond acceptors (Lipinski definition) is 13. The van der Waals surface area contributed by atoms with Gasteiger partial charge >= 0.3 is 31.4 Å². The number of carboxylic acids is 2. The van der Waals surface area contributed by atoms with Crippen LogP contribution in [0, 0.1) is 21.3 Å². The van der Waals surface area contributed by atoms with Crippen LogP contribution < -0.4 is 9.47 Å². The summed E-state index contributed by atoms with van der Waals surface area (Å²) in [5.74, 6) is -0.458. The van der Waals surface area contributed by atoms with Crippen LogP contribution in [-0.2, 0) is 44.7 Å². The van der Waals surface area contributed by atoms with E-state index < -0.39 is 11.9 Å². The summed E-state index contributed by atoms with van der Waals surface area (Å²) >= 11 is 8.93. The molecule has 0 unspecified atom stereocenters. The second kappa shape index (κ2) is 26.3. The van der Waals surface area contributed by atoms with Gasteiger partial charge in [-0.1, -0.05) is 83.3 Å². The number of carbonyl (C=O) groups is 2. The van der Waals surface area contributed by atoms with Gasteiger partial charge in [-0.3, -0.25) is 9.97 Å². The summed E-state index contributed by atoms with van der Waals surface area (Å²) in [6.45, 7) is 0. The van der Waals surface area contributed by atoms with E-state index in [9.17, 15) is 9.59 Å². The molecular weight excluding hydrogens is 882 g/mol. The first-order chi connectivity index (χ1) is 27.6. The first-order valence-electron chi connectivity index (χ1n) is 16.3. The van der Waals surface area contributed by atoms with Crippen molar-refractivity contribution in [2.45, 2.75) is 10.1 Å². The van der Waals surface area contributed by atoms with Gasteiger partial charge in [-0.25, -0.2) is 30.1 Å². The van der Waals surface area contributed by atoms with E-state index in [1.807, 2.05) is 85.2 Å². The van der Waals surface area contributed by atoms with Crippen molar-refractivity contribution in [1.82, 2.24) is 19.9 Å². The van der Waals surface area contributed by atoms with E-state index in [0.717, 1.165) is 43.8 Å². The van der Waals surface area contributed by atoms with Gasteiger partial charge in [0.2, 0.25) is 0 Å². The first-order valence-corrected chi connectivity index (χ1v) is 17.9. The quantitative estimate of drug-likeness (QED) is 0.0713. The molecular formula is C42H32N6O6RuS3. The Labute approximate surface area is 363 Å². The van der Waals surface area contributed by atoms with Gasteiger partial charge in [0.1, 0.15) is 21.6 Å². The van der Waals surface area contributed by atoms with Gasteiger partial charge in [0.15, 0.2) is 0 Å². The summed E-state index contributed by atoms with van der Waals surface area (Å²) in [6.07, 6.45) is 14.5. The Bertz CT molecular complexity index is 2250. The van der Waals surface area contributed by atoms with Crippen LogP contribution in [0.2, 0.25) is 0 Å². The molecule has 4 aromatic heterocycles. The predicted molar refractivity (Wildman–Crippen MR) is 224 cm³/mol. The smallest absolute Gasteiger partial charge is 0.696 e. The van der Waals surface area contributed by atoms with Gasteiger partial charge in [-0.15, -0.1) is 0 Å². The van der Waals surface area contributed by atoms with Crippen LogP contribution in [0.25, 0.3) is 35.7 Å². The first kappa shape index (κ1) is 47.6. The molecule has 2 aromatic carbocycles. The zero-order valence-corrected chi connectivity index (χ0v) is 34.8. The van der Waals surface area contributed by atoms with E-state index in [1.54, 1.807) is 14.2 Å². The molecule has 6 aromatic rings. The Morgan fingerprint density at radius 1 is 0.603 bits per heavy atom. The van der Waals surface area contributed by atoms with Crippen molar-refractivity contribution in [2.24, 2.45) is 0 Å². The van der Waals surface area contributed by atoms with Crippen molar-refractivity contribution in [3.8, 4) is 33.7 Å². The number of pyridine rings is 4. The maximum absolute atomic E-state index is 10.8. The molecule has 58 heavy (non-hydrogen) atoms. The fraction of sp³-hybridized carbons (Fsp3) is 0.0476. The van der Waals surface area contributed by atoms with Gasteiger partial charge in [-0.05, 0) is 71.8 Å². The number of nitrogens with zero attached hydrogens (tertiary/aromatic N) is 6. The number of aromatic nitrogens is 4. The van der Waals surface area contributed by atoms with Gasteiger partial charge in [-0.2, -0.15) is 0 Å². The predicted octanol–water partition coefficient (Wildman–Crippen LogP) is 8.55. The molecule has 16 heteroatoms. The standard InChI is InChI=1S/C28H24N2O2S.C12H8N2O4.2CHNS.Ru/c1-31-25-9-5-3-7-23(25)13-11-21-15-17-29-27(19-21)33-28-20-22(16-18-30-28)12-14-24-8-4-6-10-26(24)32-2;15-11(16)7-1-3-13-9(5-7)10-6-8(12(17)18)2-4-14-10;2*2-1-3;/h3-20H,1-2H3;1-6H,(H,15,16)(H,17,18);2*3H;/q;;;;+2/p-2/b13-11+,14-12?;;;;. The second-order valence-electron chi connectivity index (χ2n) is 10.8. The van der Waals surface area contributed by atoms with Crippen molar-refractivity contribution in [3.63, 3.8) is 0 Å². The third-order valence-electron chi connectivity index (χ3n) is 7.19. The van der Waals surface area contributed by atoms with E-state index in [1.165, 1.54) is 59.2 Å². The van der Waals surface area contributed by atoms with Crippen LogP contribution in [0.1, 0.15) is 43.0 Å². The molecule has 0 spiro atoms. The number of para-hydroxylation sites is 2. The van der Waals surface area contributed by atoms with E-state index in [0.29, 0.717) is 11.4 Å². The molecule has 0 aliphatic heterocycles. The number of carboxylic acid groups (broad SMARTS) is 2. The van der Waals surface area contributed by atoms with Crippen LogP contribution in [0.3, 0.4) is 0 Å². The number of thiocyanates is 2. The minimum Gasteiger partial charge on any atom is -0.696 e. The van der Waals surface area contributed by atoms with Gasteiger partial charge in [0.05, 0.1) is 36.7 Å². The number of aromatic carboxylic acids is 2. The SMILES string of the molecule is COc1ccccc1C=Cc1ccnc(Sc2cc(/C=C/c3ccccc3OC)ccn2)c1.N#C[S-].N#C[S-].O=C(O)c1ccnc(-c2cc(C(=O)O)ccn2)c1.[Ru+2]. The van der Waals surface area contributed by atoms with Crippen molar-refractivity contribution < 1.29 is 48.8 Å². The topological polar surface area (TPSA) is 192 Å². The number of benzene rings is 2. The zero-order valence-electron chi connectivity index (χ0n) is 30.6. The Morgan fingerprint density at radius 3 is 1.33 bits per heavy atom. The molecule has 0 bridgehead atoms. The van der Waals surface area contributed by atoms with E-state index in [2.05, 4.69) is 69.5 Å². The van der Waals surface area contributed by atoms with E-state index >= 15 is 0 Å². The second-order valence-corrected chi connectivity index (χ2v) is 12.2. The molecule has 6 rings (SSSR count). The monoisotopic (exact) mass is 914 g/mol. The Kier molecular flexibility index (Phi) is 21.6. The maximum Gasteiger partial charge on any atom is 2.00 e. The fourth-order valence-electron chi connectivity index (χ4n) is 4.66. The van der Waals surface area contributed by atoms with Crippen LogP contribution in [0.5, 0.6) is 11.5 Å². The molecule has 0 atom stereocenters. The van der Waals surface area contributed by atoms with Crippen molar-refractivity contribution in [2.75, 3.05) is 14.2 Å². The molecule has 4 heterocycles. The van der Waals surface area contributed by atoms with Crippen molar-refractivity contribution >= 4 is 73.3 Å². The Morgan fingerprint density at radius 2 is 0.966 bits per heavy atom. The maximum atomic E-state index is 10.8. The number of methoxy groups -OCH3 is 2.